The standard InChI is InChI=1S/C15H21N3O5/c1-15(2,3)23-14(22)17-11(9-19)13(21)18-16-8-10-6-4-5-7-12(10)20/h4-8,11,19-20H,9H2,1-3H3,(H,17,22)(H,18,21)/b16-8+/t11-/m0/s1. The van der Waals surface area contributed by atoms with Gasteiger partial charge < -0.3 is 20.3 Å². The van der Waals surface area contributed by atoms with Crippen molar-refractivity contribution in [1.82, 2.24) is 10.7 Å². The molecule has 0 aromatic heterocycles. The Balaban J connectivity index is 2.57. The molecule has 0 aliphatic heterocycles. The molecule has 1 atom stereocenters. The Bertz CT molecular complexity index is 581. The van der Waals surface area contributed by atoms with Crippen LogP contribution in [0.2, 0.25) is 0 Å². The van der Waals surface area contributed by atoms with E-state index >= 15 is 0 Å². The van der Waals surface area contributed by atoms with Gasteiger partial charge >= 0.3 is 6.09 Å². The van der Waals surface area contributed by atoms with Crippen LogP contribution in [-0.2, 0) is 9.53 Å². The van der Waals surface area contributed by atoms with Crippen molar-refractivity contribution in [3.8, 4) is 5.75 Å². The summed E-state index contributed by atoms with van der Waals surface area (Å²) in [4.78, 5) is 23.4. The van der Waals surface area contributed by atoms with Crippen molar-refractivity contribution in [3.63, 3.8) is 0 Å². The first-order valence-corrected chi connectivity index (χ1v) is 6.94. The van der Waals surface area contributed by atoms with Crippen LogP contribution in [0.25, 0.3) is 0 Å². The summed E-state index contributed by atoms with van der Waals surface area (Å²) in [5.41, 5.74) is 1.86. The van der Waals surface area contributed by atoms with E-state index in [1.165, 1.54) is 12.3 Å². The Morgan fingerprint density at radius 1 is 1.35 bits per heavy atom. The number of hydrazone groups is 1. The minimum Gasteiger partial charge on any atom is -0.507 e. The monoisotopic (exact) mass is 323 g/mol. The summed E-state index contributed by atoms with van der Waals surface area (Å²) in [5.74, 6) is -0.707. The molecule has 8 nitrogen and oxygen atoms in total. The van der Waals surface area contributed by atoms with Crippen LogP contribution >= 0.6 is 0 Å². The van der Waals surface area contributed by atoms with Crippen molar-refractivity contribution >= 4 is 18.2 Å². The van der Waals surface area contributed by atoms with Gasteiger partial charge in [0.1, 0.15) is 17.4 Å². The van der Waals surface area contributed by atoms with Gasteiger partial charge in [-0.2, -0.15) is 5.10 Å². The normalized spacial score (nSPS) is 12.7. The number of hydrogen-bond donors (Lipinski definition) is 4. The predicted octanol–water partition coefficient (Wildman–Crippen LogP) is 0.728. The zero-order chi connectivity index (χ0) is 17.5. The molecule has 0 radical (unpaired) electrons. The number of rotatable bonds is 5. The maximum Gasteiger partial charge on any atom is 0.408 e. The van der Waals surface area contributed by atoms with E-state index in [9.17, 15) is 19.8 Å². The summed E-state index contributed by atoms with van der Waals surface area (Å²) in [6.45, 7) is 4.42. The number of hydrogen-bond acceptors (Lipinski definition) is 6. The van der Waals surface area contributed by atoms with Crippen molar-refractivity contribution in [2.75, 3.05) is 6.61 Å². The van der Waals surface area contributed by atoms with Gasteiger partial charge in [-0.1, -0.05) is 12.1 Å². The molecule has 1 rings (SSSR count). The third-order valence-corrected chi connectivity index (χ3v) is 2.51. The molecule has 126 valence electrons. The number of phenolic OH excluding ortho intramolecular Hbond substituents is 1. The number of carbonyl (C=O) groups excluding carboxylic acids is 2. The van der Waals surface area contributed by atoms with Crippen LogP contribution in [-0.4, -0.2) is 46.7 Å². The number of alkyl carbamates (subject to hydrolysis) is 1. The van der Waals surface area contributed by atoms with E-state index in [2.05, 4.69) is 15.8 Å². The molecule has 1 aromatic rings. The molecule has 1 aromatic carbocycles. The molecule has 4 N–H and O–H groups in total. The number of phenols is 1. The first-order chi connectivity index (χ1) is 10.7. The number of nitrogens with zero attached hydrogens (tertiary/aromatic N) is 1. The van der Waals surface area contributed by atoms with Crippen molar-refractivity contribution in [3.05, 3.63) is 29.8 Å². The van der Waals surface area contributed by atoms with Gasteiger partial charge in [0.25, 0.3) is 5.91 Å². The van der Waals surface area contributed by atoms with Gasteiger partial charge in [0.15, 0.2) is 0 Å². The Kier molecular flexibility index (Phi) is 6.52. The second-order valence-corrected chi connectivity index (χ2v) is 5.67. The van der Waals surface area contributed by atoms with Crippen LogP contribution in [0.4, 0.5) is 4.79 Å². The second-order valence-electron chi connectivity index (χ2n) is 5.67. The highest BCUT2D eigenvalue weighted by Gasteiger charge is 2.23. The number of para-hydroxylation sites is 1. The first-order valence-electron chi connectivity index (χ1n) is 6.94. The van der Waals surface area contributed by atoms with Gasteiger partial charge in [-0.25, -0.2) is 10.2 Å². The fourth-order valence-corrected chi connectivity index (χ4v) is 1.48. The third-order valence-electron chi connectivity index (χ3n) is 2.51. The van der Waals surface area contributed by atoms with Crippen LogP contribution in [0.5, 0.6) is 5.75 Å². The number of benzene rings is 1. The molecular formula is C15H21N3O5. The smallest absolute Gasteiger partial charge is 0.408 e. The van der Waals surface area contributed by atoms with E-state index in [1.807, 2.05) is 0 Å². The zero-order valence-electron chi connectivity index (χ0n) is 13.2. The van der Waals surface area contributed by atoms with E-state index in [4.69, 9.17) is 4.74 Å². The maximum absolute atomic E-state index is 11.8. The molecule has 0 spiro atoms. The Labute approximate surface area is 134 Å². The van der Waals surface area contributed by atoms with Gasteiger partial charge in [0.05, 0.1) is 12.8 Å². The van der Waals surface area contributed by atoms with E-state index in [0.29, 0.717) is 5.56 Å². The number of ether oxygens (including phenoxy) is 1. The molecule has 0 bridgehead atoms. The fraction of sp³-hybridized carbons (Fsp3) is 0.400. The lowest BCUT2D eigenvalue weighted by Crippen LogP contribution is -2.49. The van der Waals surface area contributed by atoms with Gasteiger partial charge in [0.2, 0.25) is 0 Å². The molecule has 0 aliphatic rings. The van der Waals surface area contributed by atoms with Gasteiger partial charge in [-0.05, 0) is 32.9 Å². The molecule has 0 saturated heterocycles. The van der Waals surface area contributed by atoms with Crippen LogP contribution < -0.4 is 10.7 Å². The lowest BCUT2D eigenvalue weighted by atomic mass is 10.2. The first kappa shape index (κ1) is 18.4. The molecule has 0 aliphatic carbocycles. The highest BCUT2D eigenvalue weighted by molar-refractivity contribution is 5.88. The van der Waals surface area contributed by atoms with Crippen molar-refractivity contribution in [2.24, 2.45) is 5.10 Å². The summed E-state index contributed by atoms with van der Waals surface area (Å²) < 4.78 is 5.00. The number of carbonyl (C=O) groups is 2. The second kappa shape index (κ2) is 8.14. The summed E-state index contributed by atoms with van der Waals surface area (Å²) >= 11 is 0. The molecule has 2 amide bonds. The third kappa shape index (κ3) is 6.79. The minimum atomic E-state index is -1.20. The highest BCUT2D eigenvalue weighted by Crippen LogP contribution is 2.12. The Hall–Kier alpha value is -2.61. The number of amides is 2. The molecule has 0 unspecified atom stereocenters. The summed E-state index contributed by atoms with van der Waals surface area (Å²) in [6, 6.07) is 5.23. The molecule has 0 fully saturated rings. The largest absolute Gasteiger partial charge is 0.507 e. The minimum absolute atomic E-state index is 0.0103. The number of aromatic hydroxyl groups is 1. The van der Waals surface area contributed by atoms with Crippen LogP contribution in [0, 0.1) is 0 Å². The average Bonchev–Trinajstić information content (AvgIpc) is 2.44. The number of nitrogens with one attached hydrogen (secondary N) is 2. The number of aliphatic hydroxyl groups is 1. The topological polar surface area (TPSA) is 120 Å². The highest BCUT2D eigenvalue weighted by atomic mass is 16.6. The van der Waals surface area contributed by atoms with Crippen molar-refractivity contribution < 1.29 is 24.5 Å². The maximum atomic E-state index is 11.8. The van der Waals surface area contributed by atoms with Crippen LogP contribution in [0.15, 0.2) is 29.4 Å². The average molecular weight is 323 g/mol. The summed E-state index contributed by atoms with van der Waals surface area (Å²) in [6.07, 6.45) is 0.422. The Morgan fingerprint density at radius 3 is 2.57 bits per heavy atom. The number of aliphatic hydroxyl groups excluding tert-OH is 1. The SMILES string of the molecule is CC(C)(C)OC(=O)N[C@@H](CO)C(=O)N/N=C/c1ccccc1O. The quantitative estimate of drug-likeness (QED) is 0.470. The predicted molar refractivity (Wildman–Crippen MR) is 84.1 cm³/mol. The lowest BCUT2D eigenvalue weighted by molar-refractivity contribution is -0.124. The molecular weight excluding hydrogens is 302 g/mol. The van der Waals surface area contributed by atoms with E-state index in [1.54, 1.807) is 39.0 Å². The van der Waals surface area contributed by atoms with Gasteiger partial charge in [0, 0.05) is 5.56 Å². The van der Waals surface area contributed by atoms with Crippen LogP contribution in [0.3, 0.4) is 0 Å². The molecule has 8 heteroatoms. The van der Waals surface area contributed by atoms with Gasteiger partial charge in [-0.15, -0.1) is 0 Å². The van der Waals surface area contributed by atoms with Crippen molar-refractivity contribution in [2.45, 2.75) is 32.4 Å². The molecule has 0 heterocycles. The molecule has 0 saturated carbocycles. The van der Waals surface area contributed by atoms with E-state index in [-0.39, 0.29) is 5.75 Å². The van der Waals surface area contributed by atoms with Gasteiger partial charge in [-0.3, -0.25) is 4.79 Å². The summed E-state index contributed by atoms with van der Waals surface area (Å²) in [7, 11) is 0. The van der Waals surface area contributed by atoms with E-state index < -0.39 is 30.3 Å². The van der Waals surface area contributed by atoms with E-state index in [0.717, 1.165) is 0 Å². The Morgan fingerprint density at radius 2 is 2.00 bits per heavy atom. The summed E-state index contributed by atoms with van der Waals surface area (Å²) in [5, 5.41) is 24.6. The fourth-order valence-electron chi connectivity index (χ4n) is 1.48. The zero-order valence-corrected chi connectivity index (χ0v) is 13.2. The molecule has 23 heavy (non-hydrogen) atoms. The van der Waals surface area contributed by atoms with Crippen LogP contribution in [0.1, 0.15) is 26.3 Å². The lowest BCUT2D eigenvalue weighted by Gasteiger charge is -2.21. The van der Waals surface area contributed by atoms with Crippen molar-refractivity contribution in [1.29, 1.82) is 0 Å².